The van der Waals surface area contributed by atoms with Crippen LogP contribution in [0.4, 0.5) is 16.2 Å². The fourth-order valence-corrected chi connectivity index (χ4v) is 3.06. The third kappa shape index (κ3) is 6.71. The van der Waals surface area contributed by atoms with Gasteiger partial charge >= 0.3 is 12.0 Å². The lowest BCUT2D eigenvalue weighted by atomic mass is 9.98. The molecular formula is C20H28N4O6. The summed E-state index contributed by atoms with van der Waals surface area (Å²) >= 11 is 0. The number of ether oxygens (including phenoxy) is 1. The van der Waals surface area contributed by atoms with Gasteiger partial charge in [0.2, 0.25) is 0 Å². The van der Waals surface area contributed by atoms with Crippen LogP contribution in [0.1, 0.15) is 50.9 Å². The van der Waals surface area contributed by atoms with Gasteiger partial charge in [0, 0.05) is 24.7 Å². The van der Waals surface area contributed by atoms with E-state index in [-0.39, 0.29) is 11.3 Å². The molecule has 1 saturated heterocycles. The predicted octanol–water partition coefficient (Wildman–Crippen LogP) is 2.61. The molecule has 164 valence electrons. The van der Waals surface area contributed by atoms with Gasteiger partial charge in [-0.15, -0.1) is 0 Å². The van der Waals surface area contributed by atoms with Crippen LogP contribution in [0, 0.1) is 16.0 Å². The Morgan fingerprint density at radius 3 is 2.43 bits per heavy atom. The first-order chi connectivity index (χ1) is 14.0. The van der Waals surface area contributed by atoms with Crippen molar-refractivity contribution < 1.29 is 24.0 Å². The lowest BCUT2D eigenvalue weighted by Gasteiger charge is -2.31. The van der Waals surface area contributed by atoms with E-state index in [1.54, 1.807) is 20.8 Å². The van der Waals surface area contributed by atoms with Crippen LogP contribution >= 0.6 is 0 Å². The number of hydrogen-bond acceptors (Lipinski definition) is 7. The molecule has 0 aromatic heterocycles. The summed E-state index contributed by atoms with van der Waals surface area (Å²) in [4.78, 5) is 48.6. The van der Waals surface area contributed by atoms with Gasteiger partial charge in [0.05, 0.1) is 10.5 Å². The van der Waals surface area contributed by atoms with Gasteiger partial charge in [-0.3, -0.25) is 20.2 Å². The van der Waals surface area contributed by atoms with Crippen molar-refractivity contribution in [2.45, 2.75) is 46.1 Å². The molecule has 3 amide bonds. The number of anilines is 1. The normalized spacial score (nSPS) is 14.7. The molecule has 2 N–H and O–H groups in total. The Kier molecular flexibility index (Phi) is 7.36. The zero-order valence-electron chi connectivity index (χ0n) is 17.7. The number of nitro benzene ring substituents is 1. The van der Waals surface area contributed by atoms with Crippen LogP contribution in [0.2, 0.25) is 0 Å². The molecule has 0 bridgehead atoms. The van der Waals surface area contributed by atoms with Gasteiger partial charge in [0.25, 0.3) is 11.6 Å². The fraction of sp³-hybridized carbons (Fsp3) is 0.550. The Balaban J connectivity index is 2.00. The van der Waals surface area contributed by atoms with E-state index in [0.29, 0.717) is 24.7 Å². The van der Waals surface area contributed by atoms with Gasteiger partial charge in [-0.2, -0.15) is 0 Å². The molecule has 1 fully saturated rings. The maximum Gasteiger partial charge on any atom is 0.338 e. The highest BCUT2D eigenvalue weighted by Gasteiger charge is 2.25. The summed E-state index contributed by atoms with van der Waals surface area (Å²) in [5.74, 6) is -1.12. The average molecular weight is 420 g/mol. The van der Waals surface area contributed by atoms with Crippen LogP contribution in [-0.2, 0) is 9.53 Å². The Labute approximate surface area is 175 Å². The summed E-state index contributed by atoms with van der Waals surface area (Å²) < 4.78 is 4.89. The zero-order chi connectivity index (χ0) is 22.5. The van der Waals surface area contributed by atoms with Crippen LogP contribution in [0.15, 0.2) is 18.2 Å². The second-order valence-electron chi connectivity index (χ2n) is 8.46. The van der Waals surface area contributed by atoms with Crippen molar-refractivity contribution in [3.8, 4) is 0 Å². The van der Waals surface area contributed by atoms with Crippen LogP contribution in [0.5, 0.6) is 0 Å². The highest BCUT2D eigenvalue weighted by Crippen LogP contribution is 2.32. The van der Waals surface area contributed by atoms with E-state index >= 15 is 0 Å². The molecular weight excluding hydrogens is 392 g/mol. The van der Waals surface area contributed by atoms with Gasteiger partial charge in [-0.25, -0.2) is 9.59 Å². The topological polar surface area (TPSA) is 131 Å². The first-order valence-electron chi connectivity index (χ1n) is 9.79. The number of esters is 1. The summed E-state index contributed by atoms with van der Waals surface area (Å²) in [5, 5.41) is 16.1. The van der Waals surface area contributed by atoms with E-state index < -0.39 is 35.0 Å². The quantitative estimate of drug-likeness (QED) is 0.425. The Morgan fingerprint density at radius 1 is 1.23 bits per heavy atom. The minimum atomic E-state index is -0.886. The Morgan fingerprint density at radius 2 is 1.87 bits per heavy atom. The van der Waals surface area contributed by atoms with Gasteiger partial charge in [-0.1, -0.05) is 6.92 Å². The summed E-state index contributed by atoms with van der Waals surface area (Å²) in [6, 6.07) is 3.41. The monoisotopic (exact) mass is 420 g/mol. The highest BCUT2D eigenvalue weighted by atomic mass is 16.6. The van der Waals surface area contributed by atoms with Crippen molar-refractivity contribution in [3.63, 3.8) is 0 Å². The third-order valence-electron chi connectivity index (χ3n) is 4.61. The lowest BCUT2D eigenvalue weighted by molar-refractivity contribution is -0.384. The number of nitrogens with one attached hydrogen (secondary N) is 2. The second-order valence-corrected chi connectivity index (χ2v) is 8.46. The molecule has 0 saturated carbocycles. The van der Waals surface area contributed by atoms with Crippen LogP contribution < -0.4 is 15.5 Å². The molecule has 0 aliphatic carbocycles. The predicted molar refractivity (Wildman–Crippen MR) is 110 cm³/mol. The summed E-state index contributed by atoms with van der Waals surface area (Å²) in [6.45, 7) is 8.13. The standard InChI is InChI=1S/C20H28N4O6/c1-13-7-9-23(10-8-13)15-6-5-14(11-16(15)24(28)29)18(26)30-12-17(25)21-19(27)22-20(2,3)4/h5-6,11,13H,7-10,12H2,1-4H3,(H2,21,22,25,27). The third-order valence-corrected chi connectivity index (χ3v) is 4.61. The maximum atomic E-state index is 12.2. The van der Waals surface area contributed by atoms with Gasteiger partial charge < -0.3 is 15.0 Å². The molecule has 0 atom stereocenters. The highest BCUT2D eigenvalue weighted by molar-refractivity contribution is 5.97. The molecule has 1 aliphatic rings. The average Bonchev–Trinajstić information content (AvgIpc) is 2.64. The van der Waals surface area contributed by atoms with E-state index in [9.17, 15) is 24.5 Å². The van der Waals surface area contributed by atoms with Gasteiger partial charge in [-0.05, 0) is 51.7 Å². The van der Waals surface area contributed by atoms with Crippen molar-refractivity contribution in [1.29, 1.82) is 0 Å². The number of rotatable bonds is 5. The number of nitro groups is 1. The molecule has 10 heteroatoms. The SMILES string of the molecule is CC1CCN(c2ccc(C(=O)OCC(=O)NC(=O)NC(C)(C)C)cc2[N+](=O)[O-])CC1. The molecule has 1 heterocycles. The maximum absolute atomic E-state index is 12.2. The number of hydrogen-bond donors (Lipinski definition) is 2. The summed E-state index contributed by atoms with van der Waals surface area (Å²) in [6.07, 6.45) is 1.89. The van der Waals surface area contributed by atoms with E-state index in [4.69, 9.17) is 4.74 Å². The van der Waals surface area contributed by atoms with Crippen molar-refractivity contribution in [2.24, 2.45) is 5.92 Å². The van der Waals surface area contributed by atoms with Crippen molar-refractivity contribution in [2.75, 3.05) is 24.6 Å². The van der Waals surface area contributed by atoms with Gasteiger partial charge in [0.1, 0.15) is 5.69 Å². The minimum absolute atomic E-state index is 0.0391. The number of amides is 3. The van der Waals surface area contributed by atoms with Crippen molar-refractivity contribution in [3.05, 3.63) is 33.9 Å². The van der Waals surface area contributed by atoms with Crippen LogP contribution in [0.3, 0.4) is 0 Å². The summed E-state index contributed by atoms with van der Waals surface area (Å²) in [7, 11) is 0. The molecule has 1 aromatic carbocycles. The Bertz CT molecular complexity index is 825. The molecule has 2 rings (SSSR count). The van der Waals surface area contributed by atoms with Crippen molar-refractivity contribution >= 4 is 29.3 Å². The molecule has 10 nitrogen and oxygen atoms in total. The largest absolute Gasteiger partial charge is 0.452 e. The van der Waals surface area contributed by atoms with Gasteiger partial charge in [0.15, 0.2) is 6.61 Å². The molecule has 1 aromatic rings. The summed E-state index contributed by atoms with van der Waals surface area (Å²) in [5.41, 5.74) is -0.301. The second kappa shape index (κ2) is 9.55. The Hall–Kier alpha value is -3.17. The number of carbonyl (C=O) groups excluding carboxylic acids is 3. The number of carbonyl (C=O) groups is 3. The van der Waals surface area contributed by atoms with E-state index in [2.05, 4.69) is 12.2 Å². The van der Waals surface area contributed by atoms with E-state index in [0.717, 1.165) is 18.9 Å². The first-order valence-corrected chi connectivity index (χ1v) is 9.79. The van der Waals surface area contributed by atoms with Crippen LogP contribution in [0.25, 0.3) is 0 Å². The number of imide groups is 1. The molecule has 0 spiro atoms. The minimum Gasteiger partial charge on any atom is -0.452 e. The number of nitrogens with zero attached hydrogens (tertiary/aromatic N) is 2. The molecule has 30 heavy (non-hydrogen) atoms. The molecule has 0 unspecified atom stereocenters. The van der Waals surface area contributed by atoms with E-state index in [1.165, 1.54) is 12.1 Å². The molecule has 1 aliphatic heterocycles. The first kappa shape index (κ1) is 23.1. The van der Waals surface area contributed by atoms with Crippen LogP contribution in [-0.4, -0.2) is 48.1 Å². The lowest BCUT2D eigenvalue weighted by Crippen LogP contribution is -2.49. The number of piperidine rings is 1. The fourth-order valence-electron chi connectivity index (χ4n) is 3.06. The zero-order valence-corrected chi connectivity index (χ0v) is 17.7. The van der Waals surface area contributed by atoms with E-state index in [1.807, 2.05) is 10.2 Å². The molecule has 0 radical (unpaired) electrons. The number of urea groups is 1. The number of benzene rings is 1. The van der Waals surface area contributed by atoms with Crippen molar-refractivity contribution in [1.82, 2.24) is 10.6 Å². The smallest absolute Gasteiger partial charge is 0.338 e.